The molecule has 1 aromatic carbocycles. The molecule has 1 rings (SSSR count). The Morgan fingerprint density at radius 1 is 0.613 bits per heavy atom. The molecule has 0 unspecified atom stereocenters. The van der Waals surface area contributed by atoms with Crippen molar-refractivity contribution < 1.29 is 41.0 Å². The third-order valence-corrected chi connectivity index (χ3v) is 4.66. The number of ether oxygens (including phenoxy) is 2. The molecule has 4 nitrogen and oxygen atoms in total. The van der Waals surface area contributed by atoms with Crippen LogP contribution in [0.3, 0.4) is 0 Å². The second kappa shape index (κ2) is 14.8. The van der Waals surface area contributed by atoms with E-state index in [1.165, 1.54) is 32.1 Å². The number of rotatable bonds is 15. The van der Waals surface area contributed by atoms with Crippen molar-refractivity contribution in [2.24, 2.45) is 0 Å². The fourth-order valence-corrected chi connectivity index (χ4v) is 2.89. The number of benzene rings is 1. The van der Waals surface area contributed by atoms with Gasteiger partial charge >= 0.3 is 11.9 Å². The van der Waals surface area contributed by atoms with Gasteiger partial charge in [-0.2, -0.15) is 8.78 Å². The summed E-state index contributed by atoms with van der Waals surface area (Å²) in [5, 5.41) is 0. The van der Waals surface area contributed by atoms with Gasteiger partial charge in [-0.25, -0.2) is 13.2 Å². The average molecular weight is 452 g/mol. The van der Waals surface area contributed by atoms with Crippen molar-refractivity contribution in [2.45, 2.75) is 84.0 Å². The van der Waals surface area contributed by atoms with Crippen LogP contribution in [0.2, 0.25) is 0 Å². The Labute approximate surface area is 179 Å². The molecule has 0 bridgehead atoms. The van der Waals surface area contributed by atoms with Crippen LogP contribution in [-0.2, 0) is 14.3 Å². The Morgan fingerprint density at radius 3 is 1.61 bits per heavy atom. The summed E-state index contributed by atoms with van der Waals surface area (Å²) >= 11 is 0. The first-order valence-corrected chi connectivity index (χ1v) is 10.7. The number of unbranched alkanes of at least 4 members (excludes halogenated alkanes) is 8. The van der Waals surface area contributed by atoms with Gasteiger partial charge < -0.3 is 9.47 Å². The quantitative estimate of drug-likeness (QED) is 0.0758. The summed E-state index contributed by atoms with van der Waals surface area (Å²) in [5.74, 6) is -14.6. The predicted octanol–water partition coefficient (Wildman–Crippen LogP) is 6.53. The van der Waals surface area contributed by atoms with Crippen LogP contribution in [0.1, 0.15) is 84.0 Å². The summed E-state index contributed by atoms with van der Waals surface area (Å²) < 4.78 is 75.3. The summed E-state index contributed by atoms with van der Waals surface area (Å²) in [4.78, 5) is 23.2. The molecule has 0 aromatic heterocycles. The summed E-state index contributed by atoms with van der Waals surface area (Å²) in [5.41, 5.74) is 0. The molecular formula is C22H29F5O4. The molecule has 1 aromatic rings. The lowest BCUT2D eigenvalue weighted by molar-refractivity contribution is -0.144. The number of halogens is 5. The van der Waals surface area contributed by atoms with Gasteiger partial charge in [-0.15, -0.1) is 0 Å². The summed E-state index contributed by atoms with van der Waals surface area (Å²) in [7, 11) is 0. The number of hydrogen-bond acceptors (Lipinski definition) is 4. The Bertz CT molecular complexity index is 695. The van der Waals surface area contributed by atoms with E-state index in [2.05, 4.69) is 11.7 Å². The number of carbonyl (C=O) groups is 2. The van der Waals surface area contributed by atoms with Crippen molar-refractivity contribution in [3.8, 4) is 5.75 Å². The first kappa shape index (κ1) is 26.8. The molecule has 0 aliphatic heterocycles. The van der Waals surface area contributed by atoms with Crippen LogP contribution in [-0.4, -0.2) is 18.5 Å². The predicted molar refractivity (Wildman–Crippen MR) is 104 cm³/mol. The highest BCUT2D eigenvalue weighted by molar-refractivity contribution is 5.74. The van der Waals surface area contributed by atoms with Crippen molar-refractivity contribution in [3.05, 3.63) is 29.1 Å². The highest BCUT2D eigenvalue weighted by Crippen LogP contribution is 2.29. The van der Waals surface area contributed by atoms with Crippen molar-refractivity contribution in [1.29, 1.82) is 0 Å². The highest BCUT2D eigenvalue weighted by Gasteiger charge is 2.28. The molecule has 31 heavy (non-hydrogen) atoms. The minimum Gasteiger partial charge on any atom is -0.466 e. The molecule has 9 heteroatoms. The van der Waals surface area contributed by atoms with Gasteiger partial charge in [0.25, 0.3) is 0 Å². The number of esters is 2. The van der Waals surface area contributed by atoms with E-state index >= 15 is 0 Å². The Kier molecular flexibility index (Phi) is 12.8. The first-order valence-electron chi connectivity index (χ1n) is 10.7. The van der Waals surface area contributed by atoms with Crippen molar-refractivity contribution in [3.63, 3.8) is 0 Å². The fourth-order valence-electron chi connectivity index (χ4n) is 2.89. The fraction of sp³-hybridized carbons (Fsp3) is 0.636. The topological polar surface area (TPSA) is 52.6 Å². The average Bonchev–Trinajstić information content (AvgIpc) is 2.75. The van der Waals surface area contributed by atoms with Crippen molar-refractivity contribution in [1.82, 2.24) is 0 Å². The van der Waals surface area contributed by atoms with Crippen LogP contribution in [0.4, 0.5) is 22.0 Å². The standard InChI is InChI=1S/C22H29F5O4/c1-2-3-4-5-6-7-8-9-10-14-30-15(28)12-11-13-16(29)31-22-20(26)18(24)17(23)19(25)21(22)27/h2-14H2,1H3. The Balaban J connectivity index is 2.18. The van der Waals surface area contributed by atoms with Crippen LogP contribution in [0, 0.1) is 29.1 Å². The zero-order valence-corrected chi connectivity index (χ0v) is 17.7. The van der Waals surface area contributed by atoms with E-state index in [1.807, 2.05) is 0 Å². The van der Waals surface area contributed by atoms with Crippen LogP contribution >= 0.6 is 0 Å². The summed E-state index contributed by atoms with van der Waals surface area (Å²) in [6, 6.07) is 0. The van der Waals surface area contributed by atoms with Gasteiger partial charge in [-0.05, 0) is 12.8 Å². The maximum absolute atomic E-state index is 13.5. The number of hydrogen-bond donors (Lipinski definition) is 0. The minimum atomic E-state index is -2.34. The van der Waals surface area contributed by atoms with E-state index < -0.39 is 53.2 Å². The molecule has 0 atom stereocenters. The second-order valence-corrected chi connectivity index (χ2v) is 7.28. The van der Waals surface area contributed by atoms with Gasteiger partial charge in [-0.3, -0.25) is 9.59 Å². The first-order chi connectivity index (χ1) is 14.8. The highest BCUT2D eigenvalue weighted by atomic mass is 19.2. The van der Waals surface area contributed by atoms with E-state index in [-0.39, 0.29) is 19.4 Å². The van der Waals surface area contributed by atoms with Crippen LogP contribution in [0.5, 0.6) is 5.75 Å². The monoisotopic (exact) mass is 452 g/mol. The van der Waals surface area contributed by atoms with E-state index in [9.17, 15) is 31.5 Å². The van der Waals surface area contributed by atoms with E-state index in [1.54, 1.807) is 0 Å². The van der Waals surface area contributed by atoms with Gasteiger partial charge in [0.1, 0.15) is 0 Å². The lowest BCUT2D eigenvalue weighted by Gasteiger charge is -2.09. The van der Waals surface area contributed by atoms with Gasteiger partial charge in [0.05, 0.1) is 6.61 Å². The molecule has 0 aliphatic rings. The summed E-state index contributed by atoms with van der Waals surface area (Å²) in [6.07, 6.45) is 9.50. The molecule has 176 valence electrons. The molecule has 0 fully saturated rings. The summed E-state index contributed by atoms with van der Waals surface area (Å²) in [6.45, 7) is 2.44. The third-order valence-electron chi connectivity index (χ3n) is 4.66. The molecule has 0 saturated heterocycles. The lowest BCUT2D eigenvalue weighted by Crippen LogP contribution is -2.14. The molecule has 0 aliphatic carbocycles. The zero-order valence-electron chi connectivity index (χ0n) is 17.7. The molecule has 0 radical (unpaired) electrons. The molecule has 0 spiro atoms. The lowest BCUT2D eigenvalue weighted by atomic mass is 10.1. The minimum absolute atomic E-state index is 0.0508. The van der Waals surface area contributed by atoms with Crippen LogP contribution in [0.15, 0.2) is 0 Å². The molecule has 0 amide bonds. The SMILES string of the molecule is CCCCCCCCCCCOC(=O)CCCC(=O)Oc1c(F)c(F)c(F)c(F)c1F. The van der Waals surface area contributed by atoms with E-state index in [0.717, 1.165) is 25.7 Å². The second-order valence-electron chi connectivity index (χ2n) is 7.28. The Hall–Kier alpha value is -2.19. The maximum Gasteiger partial charge on any atom is 0.311 e. The Morgan fingerprint density at radius 2 is 1.06 bits per heavy atom. The van der Waals surface area contributed by atoms with Crippen LogP contribution < -0.4 is 4.74 Å². The smallest absolute Gasteiger partial charge is 0.311 e. The maximum atomic E-state index is 13.5. The molecule has 0 heterocycles. The molecule has 0 saturated carbocycles. The van der Waals surface area contributed by atoms with Gasteiger partial charge in [0.2, 0.25) is 34.8 Å². The zero-order chi connectivity index (χ0) is 23.2. The largest absolute Gasteiger partial charge is 0.466 e. The third kappa shape index (κ3) is 9.65. The van der Waals surface area contributed by atoms with Gasteiger partial charge in [0.15, 0.2) is 0 Å². The van der Waals surface area contributed by atoms with E-state index in [4.69, 9.17) is 4.74 Å². The van der Waals surface area contributed by atoms with Crippen molar-refractivity contribution >= 4 is 11.9 Å². The normalized spacial score (nSPS) is 10.9. The molecule has 0 N–H and O–H groups in total. The van der Waals surface area contributed by atoms with E-state index in [0.29, 0.717) is 0 Å². The van der Waals surface area contributed by atoms with Gasteiger partial charge in [-0.1, -0.05) is 58.3 Å². The molecular weight excluding hydrogens is 423 g/mol. The van der Waals surface area contributed by atoms with Crippen LogP contribution in [0.25, 0.3) is 0 Å². The van der Waals surface area contributed by atoms with Crippen molar-refractivity contribution in [2.75, 3.05) is 6.61 Å². The van der Waals surface area contributed by atoms with Gasteiger partial charge in [0, 0.05) is 12.8 Å². The number of carbonyl (C=O) groups excluding carboxylic acids is 2.